The quantitative estimate of drug-likeness (QED) is 0.0281. The van der Waals surface area contributed by atoms with Crippen LogP contribution in [0.4, 0.5) is 0 Å². The van der Waals surface area contributed by atoms with Gasteiger partial charge in [-0.3, -0.25) is 13.8 Å². The first-order chi connectivity index (χ1) is 24.4. The lowest BCUT2D eigenvalue weighted by Gasteiger charge is -2.20. The summed E-state index contributed by atoms with van der Waals surface area (Å²) in [7, 11) is -4.28. The molecule has 0 aliphatic carbocycles. The molecule has 9 heteroatoms. The zero-order valence-corrected chi connectivity index (χ0v) is 32.8. The summed E-state index contributed by atoms with van der Waals surface area (Å²) in [5.41, 5.74) is 5.35. The number of ether oxygens (including phenoxy) is 2. The number of rotatable bonds is 37. The number of hydrogen-bond donors (Lipinski definition) is 2. The Hall–Kier alpha value is -1.80. The van der Waals surface area contributed by atoms with Gasteiger partial charge in [0, 0.05) is 19.6 Å². The van der Waals surface area contributed by atoms with Crippen LogP contribution in [0.3, 0.4) is 0 Å². The number of carbonyl (C=O) groups excluding carboxylic acids is 1. The molecule has 0 radical (unpaired) electrons. The van der Waals surface area contributed by atoms with E-state index in [2.05, 4.69) is 74.6 Å². The van der Waals surface area contributed by atoms with Crippen molar-refractivity contribution in [1.82, 2.24) is 0 Å². The topological polar surface area (TPSA) is 117 Å². The average Bonchev–Trinajstić information content (AvgIpc) is 3.10. The van der Waals surface area contributed by atoms with E-state index >= 15 is 0 Å². The summed E-state index contributed by atoms with van der Waals surface area (Å²) in [5.74, 6) is -0.351. The number of phosphoric acid groups is 1. The molecule has 0 saturated carbocycles. The molecule has 0 spiro atoms. The SMILES string of the molecule is CC/C=C\C/C=C\C/C=C\CCCCCCCCCCOCC(COP(=O)(O)OCCN)OC(=O)CCCCCCC/C=C\C/C=C\CCC. The minimum Gasteiger partial charge on any atom is -0.457 e. The van der Waals surface area contributed by atoms with E-state index in [-0.39, 0.29) is 32.3 Å². The lowest BCUT2D eigenvalue weighted by molar-refractivity contribution is -0.154. The molecule has 2 unspecified atom stereocenters. The van der Waals surface area contributed by atoms with Crippen molar-refractivity contribution < 1.29 is 32.8 Å². The molecule has 0 aromatic carbocycles. The van der Waals surface area contributed by atoms with E-state index in [0.717, 1.165) is 89.9 Å². The molecule has 0 heterocycles. The molecule has 3 N–H and O–H groups in total. The fourth-order valence-corrected chi connectivity index (χ4v) is 5.81. The zero-order valence-electron chi connectivity index (χ0n) is 31.9. The zero-order chi connectivity index (χ0) is 36.6. The van der Waals surface area contributed by atoms with Crippen molar-refractivity contribution in [1.29, 1.82) is 0 Å². The summed E-state index contributed by atoms with van der Waals surface area (Å²) >= 11 is 0. The van der Waals surface area contributed by atoms with E-state index in [1.165, 1.54) is 44.9 Å². The lowest BCUT2D eigenvalue weighted by atomic mass is 10.1. The van der Waals surface area contributed by atoms with E-state index in [4.69, 9.17) is 24.3 Å². The van der Waals surface area contributed by atoms with Gasteiger partial charge in [-0.2, -0.15) is 0 Å². The minimum atomic E-state index is -4.28. The smallest absolute Gasteiger partial charge is 0.457 e. The van der Waals surface area contributed by atoms with E-state index in [1.54, 1.807) is 0 Å². The molecule has 0 aromatic heterocycles. The number of allylic oxidation sites excluding steroid dienone is 10. The summed E-state index contributed by atoms with van der Waals surface area (Å²) in [6.45, 7) is 4.69. The van der Waals surface area contributed by atoms with Crippen molar-refractivity contribution in [2.24, 2.45) is 5.73 Å². The third-order valence-electron chi connectivity index (χ3n) is 7.90. The Morgan fingerprint density at radius 3 is 1.68 bits per heavy atom. The molecular weight excluding hydrogens is 649 g/mol. The van der Waals surface area contributed by atoms with Crippen LogP contribution >= 0.6 is 7.82 Å². The standard InChI is InChI=1S/C41H74NO7P/c1-3-5-7-9-11-13-15-17-18-19-20-21-23-25-27-29-31-33-36-46-38-40(39-48-50(44,45)47-37-35-42)49-41(43)34-32-30-28-26-24-22-16-14-12-10-8-6-4-2/h5,7-8,10-11,13-14,16-18,40H,3-4,6,9,12,15,19-39,42H2,1-2H3,(H,44,45)/b7-5-,10-8-,13-11-,16-14-,18-17-. The van der Waals surface area contributed by atoms with Gasteiger partial charge in [0.05, 0.1) is 19.8 Å². The van der Waals surface area contributed by atoms with Gasteiger partial charge in [0.1, 0.15) is 6.10 Å². The van der Waals surface area contributed by atoms with Gasteiger partial charge in [-0.05, 0) is 70.6 Å². The number of esters is 1. The summed E-state index contributed by atoms with van der Waals surface area (Å²) in [6, 6.07) is 0. The second-order valence-corrected chi connectivity index (χ2v) is 14.2. The van der Waals surface area contributed by atoms with Gasteiger partial charge in [0.15, 0.2) is 0 Å². The van der Waals surface area contributed by atoms with Gasteiger partial charge in [-0.25, -0.2) is 4.57 Å². The highest BCUT2D eigenvalue weighted by molar-refractivity contribution is 7.47. The number of nitrogens with two attached hydrogens (primary N) is 1. The van der Waals surface area contributed by atoms with Crippen molar-refractivity contribution in [3.63, 3.8) is 0 Å². The fourth-order valence-electron chi connectivity index (χ4n) is 5.05. The van der Waals surface area contributed by atoms with Crippen molar-refractivity contribution in [2.45, 2.75) is 161 Å². The molecule has 8 nitrogen and oxygen atoms in total. The Bertz CT molecular complexity index is 947. The van der Waals surface area contributed by atoms with Gasteiger partial charge in [0.25, 0.3) is 0 Å². The predicted octanol–water partition coefficient (Wildman–Crippen LogP) is 11.4. The van der Waals surface area contributed by atoms with Gasteiger partial charge < -0.3 is 20.1 Å². The van der Waals surface area contributed by atoms with Crippen LogP contribution in [-0.2, 0) is 27.9 Å². The molecule has 0 aromatic rings. The van der Waals surface area contributed by atoms with E-state index in [1.807, 2.05) is 0 Å². The Morgan fingerprint density at radius 1 is 0.620 bits per heavy atom. The minimum absolute atomic E-state index is 0.0938. The first kappa shape index (κ1) is 48.2. The monoisotopic (exact) mass is 724 g/mol. The number of hydrogen-bond acceptors (Lipinski definition) is 7. The normalized spacial score (nSPS) is 14.2. The summed E-state index contributed by atoms with van der Waals surface area (Å²) in [6.07, 6.45) is 45.2. The molecule has 0 amide bonds. The van der Waals surface area contributed by atoms with Gasteiger partial charge in [0.2, 0.25) is 0 Å². The molecule has 290 valence electrons. The van der Waals surface area contributed by atoms with Crippen molar-refractivity contribution in [3.05, 3.63) is 60.8 Å². The third-order valence-corrected chi connectivity index (χ3v) is 8.88. The fraction of sp³-hybridized carbons (Fsp3) is 0.732. The first-order valence-corrected chi connectivity index (χ1v) is 21.3. The molecule has 0 bridgehead atoms. The Balaban J connectivity index is 4.09. The summed E-state index contributed by atoms with van der Waals surface area (Å²) in [5, 5.41) is 0. The van der Waals surface area contributed by atoms with Crippen molar-refractivity contribution in [2.75, 3.05) is 33.0 Å². The number of carbonyl (C=O) groups is 1. The average molecular weight is 724 g/mol. The maximum absolute atomic E-state index is 12.5. The molecule has 2 atom stereocenters. The molecular formula is C41H74NO7P. The van der Waals surface area contributed by atoms with Crippen molar-refractivity contribution in [3.8, 4) is 0 Å². The van der Waals surface area contributed by atoms with E-state index in [9.17, 15) is 14.3 Å². The maximum Gasteiger partial charge on any atom is 0.472 e. The molecule has 0 saturated heterocycles. The Labute approximate surface area is 306 Å². The largest absolute Gasteiger partial charge is 0.472 e. The van der Waals surface area contributed by atoms with Crippen LogP contribution in [-0.4, -0.2) is 49.9 Å². The lowest BCUT2D eigenvalue weighted by Crippen LogP contribution is -2.28. The molecule has 0 aliphatic heterocycles. The predicted molar refractivity (Wildman–Crippen MR) is 210 cm³/mol. The Kier molecular flexibility index (Phi) is 37.0. The first-order valence-electron chi connectivity index (χ1n) is 19.8. The highest BCUT2D eigenvalue weighted by Gasteiger charge is 2.25. The van der Waals surface area contributed by atoms with Crippen LogP contribution < -0.4 is 5.73 Å². The van der Waals surface area contributed by atoms with E-state index in [0.29, 0.717) is 13.0 Å². The molecule has 0 aliphatic rings. The van der Waals surface area contributed by atoms with E-state index < -0.39 is 13.9 Å². The molecule has 50 heavy (non-hydrogen) atoms. The van der Waals surface area contributed by atoms with Crippen LogP contribution in [0.2, 0.25) is 0 Å². The van der Waals surface area contributed by atoms with Gasteiger partial charge in [-0.15, -0.1) is 0 Å². The highest BCUT2D eigenvalue weighted by atomic mass is 31.2. The second-order valence-electron chi connectivity index (χ2n) is 12.8. The second kappa shape index (κ2) is 38.4. The van der Waals surface area contributed by atoms with Crippen LogP contribution in [0.1, 0.15) is 155 Å². The number of unbranched alkanes of at least 4 members (excludes halogenated alkanes) is 14. The maximum atomic E-state index is 12.5. The third kappa shape index (κ3) is 37.5. The Morgan fingerprint density at radius 2 is 1.12 bits per heavy atom. The van der Waals surface area contributed by atoms with Gasteiger partial charge in [-0.1, -0.05) is 139 Å². The molecule has 0 fully saturated rings. The summed E-state index contributed by atoms with van der Waals surface area (Å²) < 4.78 is 33.3. The highest BCUT2D eigenvalue weighted by Crippen LogP contribution is 2.43. The molecule has 0 rings (SSSR count). The van der Waals surface area contributed by atoms with Crippen molar-refractivity contribution >= 4 is 13.8 Å². The van der Waals surface area contributed by atoms with Gasteiger partial charge >= 0.3 is 13.8 Å². The number of phosphoric ester groups is 1. The van der Waals surface area contributed by atoms with Crippen LogP contribution in [0, 0.1) is 0 Å². The summed E-state index contributed by atoms with van der Waals surface area (Å²) in [4.78, 5) is 22.4. The van der Waals surface area contributed by atoms with Crippen LogP contribution in [0.5, 0.6) is 0 Å². The van der Waals surface area contributed by atoms with Crippen LogP contribution in [0.25, 0.3) is 0 Å². The van der Waals surface area contributed by atoms with Crippen LogP contribution in [0.15, 0.2) is 60.8 Å².